The molecular weight excluding hydrogens is 437 g/mol. The van der Waals surface area contributed by atoms with Gasteiger partial charge in [0.15, 0.2) is 0 Å². The Hall–Kier alpha value is -2.84. The van der Waals surface area contributed by atoms with Gasteiger partial charge in [-0.05, 0) is 38.7 Å². The third-order valence-electron chi connectivity index (χ3n) is 6.29. The van der Waals surface area contributed by atoms with E-state index in [0.717, 1.165) is 29.7 Å². The van der Waals surface area contributed by atoms with Crippen molar-refractivity contribution in [1.82, 2.24) is 10.2 Å². The highest BCUT2D eigenvalue weighted by Crippen LogP contribution is 2.47. The Bertz CT molecular complexity index is 923. The molecule has 1 unspecified atom stereocenters. The van der Waals surface area contributed by atoms with Gasteiger partial charge in [-0.3, -0.25) is 9.59 Å². The second-order valence-corrected chi connectivity index (χ2v) is 8.43. The SMILES string of the molecule is CCOC(=O)C1=C(C)N(C2CCCCC2)C(=O)C1(NC(=O)CCc1ccccc1)C(F)(F)F. The zero-order valence-corrected chi connectivity index (χ0v) is 18.8. The summed E-state index contributed by atoms with van der Waals surface area (Å²) in [4.78, 5) is 40.0. The second kappa shape index (κ2) is 9.97. The summed E-state index contributed by atoms with van der Waals surface area (Å²) in [5.41, 5.74) is -3.65. The monoisotopic (exact) mass is 466 g/mol. The van der Waals surface area contributed by atoms with Crippen LogP contribution in [0.3, 0.4) is 0 Å². The van der Waals surface area contributed by atoms with Crippen LogP contribution in [-0.4, -0.2) is 47.0 Å². The van der Waals surface area contributed by atoms with Crippen molar-refractivity contribution in [3.8, 4) is 0 Å². The number of amides is 2. The normalized spacial score (nSPS) is 22.0. The molecule has 0 saturated heterocycles. The molecule has 2 amide bonds. The van der Waals surface area contributed by atoms with Crippen molar-refractivity contribution in [1.29, 1.82) is 0 Å². The smallest absolute Gasteiger partial charge is 0.425 e. The third-order valence-corrected chi connectivity index (χ3v) is 6.29. The number of benzene rings is 1. The molecule has 1 aromatic rings. The second-order valence-electron chi connectivity index (χ2n) is 8.43. The number of allylic oxidation sites excluding steroid dienone is 1. The Balaban J connectivity index is 1.99. The van der Waals surface area contributed by atoms with Gasteiger partial charge in [0.25, 0.3) is 5.91 Å². The van der Waals surface area contributed by atoms with Crippen LogP contribution in [-0.2, 0) is 25.5 Å². The number of nitrogens with zero attached hydrogens (tertiary/aromatic N) is 1. The lowest BCUT2D eigenvalue weighted by atomic mass is 9.88. The van der Waals surface area contributed by atoms with Crippen LogP contribution in [0.15, 0.2) is 41.6 Å². The predicted molar refractivity (Wildman–Crippen MR) is 115 cm³/mol. The number of alkyl halides is 3. The van der Waals surface area contributed by atoms with E-state index in [4.69, 9.17) is 4.74 Å². The number of nitrogens with one attached hydrogen (secondary N) is 1. The van der Waals surface area contributed by atoms with E-state index in [2.05, 4.69) is 0 Å². The molecular formula is C24H29F3N2O4. The molecule has 6 nitrogen and oxygen atoms in total. The van der Waals surface area contributed by atoms with Crippen molar-refractivity contribution in [2.75, 3.05) is 6.61 Å². The third kappa shape index (κ3) is 4.77. The van der Waals surface area contributed by atoms with Gasteiger partial charge in [-0.25, -0.2) is 4.79 Å². The molecule has 0 bridgehead atoms. The largest absolute Gasteiger partial charge is 0.462 e. The van der Waals surface area contributed by atoms with E-state index in [1.165, 1.54) is 13.8 Å². The maximum absolute atomic E-state index is 14.7. The number of rotatable bonds is 7. The highest BCUT2D eigenvalue weighted by molar-refractivity contribution is 6.10. The van der Waals surface area contributed by atoms with Crippen LogP contribution in [0.25, 0.3) is 0 Å². The Morgan fingerprint density at radius 1 is 1.15 bits per heavy atom. The lowest BCUT2D eigenvalue weighted by Gasteiger charge is -2.36. The van der Waals surface area contributed by atoms with Gasteiger partial charge in [0.2, 0.25) is 11.4 Å². The molecule has 9 heteroatoms. The van der Waals surface area contributed by atoms with Crippen LogP contribution in [0.5, 0.6) is 0 Å². The summed E-state index contributed by atoms with van der Waals surface area (Å²) in [5.74, 6) is -3.55. The predicted octanol–water partition coefficient (Wildman–Crippen LogP) is 4.05. The molecule has 2 aliphatic rings. The van der Waals surface area contributed by atoms with Crippen molar-refractivity contribution < 1.29 is 32.3 Å². The number of carbonyl (C=O) groups excluding carboxylic acids is 3. The fourth-order valence-electron chi connectivity index (χ4n) is 4.74. The first kappa shape index (κ1) is 24.8. The maximum atomic E-state index is 14.7. The summed E-state index contributed by atoms with van der Waals surface area (Å²) in [6, 6.07) is 8.37. The van der Waals surface area contributed by atoms with Crippen LogP contribution >= 0.6 is 0 Å². The first-order chi connectivity index (χ1) is 15.6. The lowest BCUT2D eigenvalue weighted by molar-refractivity contribution is -0.197. The van der Waals surface area contributed by atoms with Crippen molar-refractivity contribution in [2.24, 2.45) is 0 Å². The molecule has 1 aromatic carbocycles. The van der Waals surface area contributed by atoms with Gasteiger partial charge in [-0.15, -0.1) is 0 Å². The highest BCUT2D eigenvalue weighted by atomic mass is 19.4. The number of hydrogen-bond acceptors (Lipinski definition) is 4. The van der Waals surface area contributed by atoms with E-state index in [0.29, 0.717) is 12.8 Å². The Morgan fingerprint density at radius 2 is 1.79 bits per heavy atom. The molecule has 1 atom stereocenters. The summed E-state index contributed by atoms with van der Waals surface area (Å²) >= 11 is 0. The minimum absolute atomic E-state index is 0.106. The van der Waals surface area contributed by atoms with Crippen LogP contribution in [0.1, 0.15) is 57.9 Å². The van der Waals surface area contributed by atoms with Gasteiger partial charge in [0.05, 0.1) is 6.61 Å². The first-order valence-corrected chi connectivity index (χ1v) is 11.3. The molecule has 1 aliphatic heterocycles. The topological polar surface area (TPSA) is 75.7 Å². The summed E-state index contributed by atoms with van der Waals surface area (Å²) in [5, 5.41) is 1.93. The highest BCUT2D eigenvalue weighted by Gasteiger charge is 2.71. The fraction of sp³-hybridized carbons (Fsp3) is 0.542. The van der Waals surface area contributed by atoms with Gasteiger partial charge in [0.1, 0.15) is 5.57 Å². The van der Waals surface area contributed by atoms with E-state index in [-0.39, 0.29) is 25.1 Å². The molecule has 1 fully saturated rings. The Labute approximate surface area is 191 Å². The molecule has 180 valence electrons. The van der Waals surface area contributed by atoms with Crippen molar-refractivity contribution in [3.05, 3.63) is 47.2 Å². The minimum atomic E-state index is -5.24. The lowest BCUT2D eigenvalue weighted by Crippen LogP contribution is -2.66. The molecule has 0 aromatic heterocycles. The van der Waals surface area contributed by atoms with E-state index in [9.17, 15) is 27.6 Å². The van der Waals surface area contributed by atoms with Gasteiger partial charge < -0.3 is 15.0 Å². The zero-order valence-electron chi connectivity index (χ0n) is 18.8. The van der Waals surface area contributed by atoms with Crippen LogP contribution < -0.4 is 5.32 Å². The average molecular weight is 467 g/mol. The number of halogens is 3. The van der Waals surface area contributed by atoms with E-state index in [1.807, 2.05) is 5.32 Å². The fourth-order valence-corrected chi connectivity index (χ4v) is 4.74. The number of carbonyl (C=O) groups is 3. The summed E-state index contributed by atoms with van der Waals surface area (Å²) in [7, 11) is 0. The van der Waals surface area contributed by atoms with Gasteiger partial charge in [-0.1, -0.05) is 49.6 Å². The van der Waals surface area contributed by atoms with Crippen molar-refractivity contribution in [3.63, 3.8) is 0 Å². The zero-order chi connectivity index (χ0) is 24.2. The quantitative estimate of drug-likeness (QED) is 0.616. The standard InChI is InChI=1S/C24H29F3N2O4/c1-3-33-21(31)20-16(2)29(18-12-8-5-9-13-18)22(32)23(20,24(25,26)27)28-19(30)15-14-17-10-6-4-7-11-17/h4,6-7,10-11,18H,3,5,8-9,12-15H2,1-2H3,(H,28,30). The molecule has 1 heterocycles. The summed E-state index contributed by atoms with van der Waals surface area (Å²) < 4.78 is 48.9. The minimum Gasteiger partial charge on any atom is -0.462 e. The van der Waals surface area contributed by atoms with Gasteiger partial charge >= 0.3 is 12.1 Å². The molecule has 1 N–H and O–H groups in total. The van der Waals surface area contributed by atoms with Crippen LogP contribution in [0.4, 0.5) is 13.2 Å². The summed E-state index contributed by atoms with van der Waals surface area (Å²) in [6.07, 6.45) is -1.75. The van der Waals surface area contributed by atoms with E-state index >= 15 is 0 Å². The van der Waals surface area contributed by atoms with Crippen molar-refractivity contribution >= 4 is 17.8 Å². The number of ether oxygens (including phenoxy) is 1. The van der Waals surface area contributed by atoms with Crippen molar-refractivity contribution in [2.45, 2.75) is 76.6 Å². The van der Waals surface area contributed by atoms with Crippen LogP contribution in [0.2, 0.25) is 0 Å². The van der Waals surface area contributed by atoms with E-state index in [1.54, 1.807) is 30.3 Å². The summed E-state index contributed by atoms with van der Waals surface area (Å²) in [6.45, 7) is 2.63. The first-order valence-electron chi connectivity index (χ1n) is 11.3. The molecule has 0 spiro atoms. The van der Waals surface area contributed by atoms with Gasteiger partial charge in [-0.2, -0.15) is 13.2 Å². The molecule has 33 heavy (non-hydrogen) atoms. The number of esters is 1. The average Bonchev–Trinajstić information content (AvgIpc) is 3.00. The van der Waals surface area contributed by atoms with E-state index < -0.39 is 41.1 Å². The maximum Gasteiger partial charge on any atom is 0.425 e. The molecule has 0 radical (unpaired) electrons. The number of hydrogen-bond donors (Lipinski definition) is 1. The molecule has 1 saturated carbocycles. The Morgan fingerprint density at radius 3 is 2.36 bits per heavy atom. The number of aryl methyl sites for hydroxylation is 1. The van der Waals surface area contributed by atoms with Crippen LogP contribution in [0, 0.1) is 0 Å². The van der Waals surface area contributed by atoms with Gasteiger partial charge in [0, 0.05) is 18.2 Å². The molecule has 3 rings (SSSR count). The Kier molecular flexibility index (Phi) is 7.49. The molecule has 1 aliphatic carbocycles.